The van der Waals surface area contributed by atoms with E-state index in [2.05, 4.69) is 30.7 Å². The highest BCUT2D eigenvalue weighted by Gasteiger charge is 2.33. The smallest absolute Gasteiger partial charge is 0.262 e. The molecule has 2 aliphatic rings. The van der Waals surface area contributed by atoms with Gasteiger partial charge in [0.25, 0.3) is 11.8 Å². The van der Waals surface area contributed by atoms with Crippen molar-refractivity contribution in [3.8, 4) is 0 Å². The van der Waals surface area contributed by atoms with Crippen LogP contribution in [0.15, 0.2) is 47.6 Å². The van der Waals surface area contributed by atoms with Crippen LogP contribution < -0.4 is 10.6 Å². The number of fused-ring (bicyclic) bond motifs is 1. The van der Waals surface area contributed by atoms with E-state index in [0.29, 0.717) is 16.9 Å². The second-order valence-electron chi connectivity index (χ2n) is 8.80. The summed E-state index contributed by atoms with van der Waals surface area (Å²) in [6.45, 7) is 3.73. The minimum atomic E-state index is -0.515. The number of rotatable bonds is 5. The summed E-state index contributed by atoms with van der Waals surface area (Å²) in [6.07, 6.45) is 5.16. The standard InChI is InChI=1S/C25H26N6O3S/c1-15-10-17-14-26-30-20(17)12-19(15)28-23(33)16-6-5-7-18(11-16)27-22(32)13-21-24(34)29-25(35-21)31-8-3-2-4-9-31/h5-7,10-12,14,21H,2-4,8-9,13H2,1H3,(H,26,30)(H,27,32)(H,28,33). The van der Waals surface area contributed by atoms with Gasteiger partial charge < -0.3 is 15.5 Å². The van der Waals surface area contributed by atoms with E-state index >= 15 is 0 Å². The molecule has 0 radical (unpaired) electrons. The predicted octanol–water partition coefficient (Wildman–Crippen LogP) is 3.94. The number of carbonyl (C=O) groups is 3. The molecule has 9 nitrogen and oxygen atoms in total. The molecule has 0 bridgehead atoms. The lowest BCUT2D eigenvalue weighted by Crippen LogP contribution is -2.33. The summed E-state index contributed by atoms with van der Waals surface area (Å²) in [5.41, 5.74) is 3.34. The molecule has 35 heavy (non-hydrogen) atoms. The minimum absolute atomic E-state index is 0.0319. The number of thioether (sulfide) groups is 1. The highest BCUT2D eigenvalue weighted by molar-refractivity contribution is 8.15. The average molecular weight is 491 g/mol. The van der Waals surface area contributed by atoms with E-state index in [1.807, 2.05) is 19.1 Å². The van der Waals surface area contributed by atoms with Crippen molar-refractivity contribution in [2.24, 2.45) is 4.99 Å². The third-order valence-electron chi connectivity index (χ3n) is 6.17. The largest absolute Gasteiger partial charge is 0.351 e. The number of hydrogen-bond donors (Lipinski definition) is 3. The fourth-order valence-corrected chi connectivity index (χ4v) is 5.40. The molecule has 1 unspecified atom stereocenters. The zero-order valence-electron chi connectivity index (χ0n) is 19.3. The van der Waals surface area contributed by atoms with Crippen molar-refractivity contribution in [1.29, 1.82) is 0 Å². The number of aromatic amines is 1. The first kappa shape index (κ1) is 23.1. The van der Waals surface area contributed by atoms with Crippen molar-refractivity contribution < 1.29 is 14.4 Å². The number of likely N-dealkylation sites (tertiary alicyclic amines) is 1. The number of aryl methyl sites for hydroxylation is 1. The lowest BCUT2D eigenvalue weighted by Gasteiger charge is -2.27. The van der Waals surface area contributed by atoms with Gasteiger partial charge in [-0.15, -0.1) is 0 Å². The van der Waals surface area contributed by atoms with Crippen LogP contribution in [0.4, 0.5) is 11.4 Å². The second-order valence-corrected chi connectivity index (χ2v) is 9.97. The van der Waals surface area contributed by atoms with Crippen LogP contribution in [-0.4, -0.2) is 56.3 Å². The van der Waals surface area contributed by atoms with Crippen LogP contribution in [-0.2, 0) is 9.59 Å². The van der Waals surface area contributed by atoms with Gasteiger partial charge in [0, 0.05) is 41.8 Å². The van der Waals surface area contributed by atoms with E-state index in [-0.39, 0.29) is 24.1 Å². The Morgan fingerprint density at radius 1 is 1.14 bits per heavy atom. The summed E-state index contributed by atoms with van der Waals surface area (Å²) in [6, 6.07) is 10.5. The van der Waals surface area contributed by atoms with Crippen molar-refractivity contribution in [3.63, 3.8) is 0 Å². The summed E-state index contributed by atoms with van der Waals surface area (Å²) in [7, 11) is 0. The molecule has 5 rings (SSSR count). The van der Waals surface area contributed by atoms with Gasteiger partial charge in [0.2, 0.25) is 5.91 Å². The summed E-state index contributed by atoms with van der Waals surface area (Å²) >= 11 is 1.37. The van der Waals surface area contributed by atoms with E-state index in [0.717, 1.165) is 47.6 Å². The second kappa shape index (κ2) is 9.91. The number of benzene rings is 2. The van der Waals surface area contributed by atoms with Crippen LogP contribution in [0, 0.1) is 6.92 Å². The Kier molecular flexibility index (Phi) is 6.54. The molecule has 3 N–H and O–H groups in total. The third-order valence-corrected chi connectivity index (χ3v) is 7.38. The first-order valence-electron chi connectivity index (χ1n) is 11.7. The monoisotopic (exact) mass is 490 g/mol. The number of amidine groups is 1. The van der Waals surface area contributed by atoms with E-state index in [1.165, 1.54) is 18.2 Å². The fraction of sp³-hybridized carbons (Fsp3) is 0.320. The number of aliphatic imine (C=N–C) groups is 1. The Morgan fingerprint density at radius 2 is 1.97 bits per heavy atom. The van der Waals surface area contributed by atoms with Crippen LogP contribution in [0.1, 0.15) is 41.6 Å². The Hall–Kier alpha value is -3.66. The van der Waals surface area contributed by atoms with Crippen LogP contribution in [0.5, 0.6) is 0 Å². The van der Waals surface area contributed by atoms with Crippen molar-refractivity contribution >= 4 is 56.9 Å². The molecule has 0 spiro atoms. The highest BCUT2D eigenvalue weighted by atomic mass is 32.2. The Labute approximate surface area is 206 Å². The minimum Gasteiger partial charge on any atom is -0.351 e. The first-order chi connectivity index (χ1) is 17.0. The summed E-state index contributed by atoms with van der Waals surface area (Å²) < 4.78 is 0. The molecule has 1 atom stereocenters. The van der Waals surface area contributed by atoms with E-state index in [1.54, 1.807) is 30.5 Å². The normalized spacial score (nSPS) is 18.0. The highest BCUT2D eigenvalue weighted by Crippen LogP contribution is 2.29. The number of hydrogen-bond acceptors (Lipinski definition) is 6. The number of carbonyl (C=O) groups excluding carboxylic acids is 3. The molecule has 2 aliphatic heterocycles. The van der Waals surface area contributed by atoms with Crippen LogP contribution >= 0.6 is 11.8 Å². The quantitative estimate of drug-likeness (QED) is 0.498. The molecule has 1 fully saturated rings. The number of amides is 3. The van der Waals surface area contributed by atoms with Gasteiger partial charge in [-0.3, -0.25) is 19.5 Å². The number of nitrogens with zero attached hydrogens (tertiary/aromatic N) is 3. The topological polar surface area (TPSA) is 120 Å². The van der Waals surface area contributed by atoms with E-state index in [9.17, 15) is 14.4 Å². The van der Waals surface area contributed by atoms with E-state index in [4.69, 9.17) is 0 Å². The van der Waals surface area contributed by atoms with Crippen LogP contribution in [0.3, 0.4) is 0 Å². The molecule has 1 saturated heterocycles. The number of H-pyrrole nitrogens is 1. The number of piperidine rings is 1. The van der Waals surface area contributed by atoms with Crippen molar-refractivity contribution in [2.75, 3.05) is 23.7 Å². The van der Waals surface area contributed by atoms with Gasteiger partial charge in [0.1, 0.15) is 5.25 Å². The van der Waals surface area contributed by atoms with Crippen LogP contribution in [0.2, 0.25) is 0 Å². The number of anilines is 2. The molecular formula is C25H26N6O3S. The maximum atomic E-state index is 12.9. The first-order valence-corrected chi connectivity index (χ1v) is 12.5. The Bertz CT molecular complexity index is 1330. The fourth-order valence-electron chi connectivity index (χ4n) is 4.28. The lowest BCUT2D eigenvalue weighted by atomic mass is 10.1. The lowest BCUT2D eigenvalue weighted by molar-refractivity contribution is -0.121. The zero-order chi connectivity index (χ0) is 24.4. The zero-order valence-corrected chi connectivity index (χ0v) is 20.2. The van der Waals surface area contributed by atoms with Crippen LogP contribution in [0.25, 0.3) is 10.9 Å². The van der Waals surface area contributed by atoms with Gasteiger partial charge in [-0.2, -0.15) is 10.1 Å². The number of nitrogens with one attached hydrogen (secondary N) is 3. The summed E-state index contributed by atoms with van der Waals surface area (Å²) in [5.74, 6) is -0.836. The molecule has 180 valence electrons. The molecule has 10 heteroatoms. The molecule has 3 amide bonds. The molecule has 0 saturated carbocycles. The van der Waals surface area contributed by atoms with Gasteiger partial charge in [0.05, 0.1) is 11.7 Å². The Balaban J connectivity index is 1.19. The van der Waals surface area contributed by atoms with Gasteiger partial charge in [-0.25, -0.2) is 0 Å². The predicted molar refractivity (Wildman–Crippen MR) is 138 cm³/mol. The summed E-state index contributed by atoms with van der Waals surface area (Å²) in [4.78, 5) is 44.2. The number of aromatic nitrogens is 2. The molecular weight excluding hydrogens is 464 g/mol. The van der Waals surface area contributed by atoms with Crippen molar-refractivity contribution in [1.82, 2.24) is 15.1 Å². The van der Waals surface area contributed by atoms with Crippen molar-refractivity contribution in [2.45, 2.75) is 37.9 Å². The Morgan fingerprint density at radius 3 is 2.80 bits per heavy atom. The molecule has 1 aromatic heterocycles. The molecule has 0 aliphatic carbocycles. The van der Waals surface area contributed by atoms with E-state index < -0.39 is 5.25 Å². The van der Waals surface area contributed by atoms with Gasteiger partial charge in [0.15, 0.2) is 5.17 Å². The molecule has 2 aromatic carbocycles. The maximum Gasteiger partial charge on any atom is 0.262 e. The van der Waals surface area contributed by atoms with Gasteiger partial charge >= 0.3 is 0 Å². The van der Waals surface area contributed by atoms with Gasteiger partial charge in [-0.1, -0.05) is 17.8 Å². The molecule has 3 aromatic rings. The SMILES string of the molecule is Cc1cc2cn[nH]c2cc1NC(=O)c1cccc(NC(=O)CC2SC(N3CCCCC3)=NC2=O)c1. The van der Waals surface area contributed by atoms with Crippen molar-refractivity contribution in [3.05, 3.63) is 53.7 Å². The average Bonchev–Trinajstić information content (AvgIpc) is 3.45. The third kappa shape index (κ3) is 5.22. The molecule has 3 heterocycles. The summed E-state index contributed by atoms with van der Waals surface area (Å²) in [5, 5.41) is 13.8. The van der Waals surface area contributed by atoms with Gasteiger partial charge in [-0.05, 0) is 62.1 Å². The maximum absolute atomic E-state index is 12.9.